The molecule has 1 amide bonds. The number of carbonyl (C=O) groups excluding carboxylic acids is 1. The fourth-order valence-electron chi connectivity index (χ4n) is 1.21. The standard InChI is InChI=1S/C9H8N4O3S/c14-8(11-2-5-1-10-4-17-5)6-7(9(15)16)13-3-12-6/h1,3-4H,2H2,(H,11,14)(H,12,13)(H,15,16). The molecule has 7 nitrogen and oxygen atoms in total. The summed E-state index contributed by atoms with van der Waals surface area (Å²) in [6.45, 7) is 0.301. The van der Waals surface area contributed by atoms with E-state index in [9.17, 15) is 9.59 Å². The van der Waals surface area contributed by atoms with Gasteiger partial charge in [-0.05, 0) is 0 Å². The third kappa shape index (κ3) is 2.48. The molecule has 0 spiro atoms. The van der Waals surface area contributed by atoms with Crippen molar-refractivity contribution >= 4 is 23.2 Å². The minimum atomic E-state index is -1.22. The van der Waals surface area contributed by atoms with Crippen LogP contribution in [0.1, 0.15) is 25.9 Å². The highest BCUT2D eigenvalue weighted by Crippen LogP contribution is 2.06. The molecule has 17 heavy (non-hydrogen) atoms. The van der Waals surface area contributed by atoms with Crippen LogP contribution in [0.2, 0.25) is 0 Å². The van der Waals surface area contributed by atoms with E-state index < -0.39 is 11.9 Å². The summed E-state index contributed by atoms with van der Waals surface area (Å²) in [5.41, 5.74) is 1.31. The number of carboxylic acids is 1. The largest absolute Gasteiger partial charge is 0.477 e. The maximum absolute atomic E-state index is 11.7. The van der Waals surface area contributed by atoms with E-state index in [0.29, 0.717) is 6.54 Å². The maximum atomic E-state index is 11.7. The molecule has 2 rings (SSSR count). The van der Waals surface area contributed by atoms with Gasteiger partial charge in [-0.3, -0.25) is 9.78 Å². The molecule has 0 atom stereocenters. The lowest BCUT2D eigenvalue weighted by molar-refractivity contribution is 0.0685. The highest BCUT2D eigenvalue weighted by Gasteiger charge is 2.19. The second-order valence-electron chi connectivity index (χ2n) is 3.08. The first-order valence-electron chi connectivity index (χ1n) is 4.60. The van der Waals surface area contributed by atoms with E-state index in [0.717, 1.165) is 4.88 Å². The van der Waals surface area contributed by atoms with Crippen molar-refractivity contribution in [2.24, 2.45) is 0 Å². The van der Waals surface area contributed by atoms with Gasteiger partial charge in [0.05, 0.1) is 18.4 Å². The number of aromatic nitrogens is 3. The molecule has 2 aromatic rings. The van der Waals surface area contributed by atoms with Crippen LogP contribution in [0.5, 0.6) is 0 Å². The number of carbonyl (C=O) groups is 2. The number of hydrogen-bond acceptors (Lipinski definition) is 5. The lowest BCUT2D eigenvalue weighted by atomic mass is 10.3. The first kappa shape index (κ1) is 11.3. The number of carboxylic acid groups (broad SMARTS) is 1. The number of thiazole rings is 1. The van der Waals surface area contributed by atoms with Crippen LogP contribution in [-0.4, -0.2) is 31.9 Å². The minimum absolute atomic E-state index is 0.123. The number of hydrogen-bond donors (Lipinski definition) is 3. The molecule has 0 aromatic carbocycles. The van der Waals surface area contributed by atoms with Crippen molar-refractivity contribution in [3.8, 4) is 0 Å². The summed E-state index contributed by atoms with van der Waals surface area (Å²) in [4.78, 5) is 33.2. The van der Waals surface area contributed by atoms with Crippen LogP contribution < -0.4 is 5.32 Å². The molecule has 0 saturated heterocycles. The van der Waals surface area contributed by atoms with Crippen LogP contribution in [0.4, 0.5) is 0 Å². The second kappa shape index (κ2) is 4.74. The number of nitrogens with zero attached hydrogens (tertiary/aromatic N) is 2. The SMILES string of the molecule is O=C(NCc1cncs1)c1nc[nH]c1C(=O)O. The van der Waals surface area contributed by atoms with E-state index in [1.807, 2.05) is 0 Å². The molecule has 0 aliphatic rings. The Kier molecular flexibility index (Phi) is 3.15. The molecule has 8 heteroatoms. The fraction of sp³-hybridized carbons (Fsp3) is 0.111. The maximum Gasteiger partial charge on any atom is 0.354 e. The molecule has 0 aliphatic heterocycles. The average Bonchev–Trinajstić information content (AvgIpc) is 2.96. The summed E-state index contributed by atoms with van der Waals surface area (Å²) >= 11 is 1.40. The van der Waals surface area contributed by atoms with E-state index in [4.69, 9.17) is 5.11 Å². The number of aromatic amines is 1. The van der Waals surface area contributed by atoms with Crippen LogP contribution in [0.15, 0.2) is 18.0 Å². The van der Waals surface area contributed by atoms with Gasteiger partial charge < -0.3 is 15.4 Å². The number of rotatable bonds is 4. The van der Waals surface area contributed by atoms with E-state index in [2.05, 4.69) is 20.3 Å². The van der Waals surface area contributed by atoms with Gasteiger partial charge in [-0.15, -0.1) is 11.3 Å². The topological polar surface area (TPSA) is 108 Å². The van der Waals surface area contributed by atoms with Crippen molar-refractivity contribution < 1.29 is 14.7 Å². The molecule has 0 bridgehead atoms. The van der Waals surface area contributed by atoms with E-state index in [1.165, 1.54) is 17.7 Å². The molecule has 2 heterocycles. The van der Waals surface area contributed by atoms with Gasteiger partial charge in [0.1, 0.15) is 0 Å². The Balaban J connectivity index is 2.04. The molecule has 0 aliphatic carbocycles. The Bertz CT molecular complexity index is 534. The molecule has 0 saturated carbocycles. The third-order valence-corrected chi connectivity index (χ3v) is 2.75. The summed E-state index contributed by atoms with van der Waals surface area (Å²) in [6.07, 6.45) is 2.80. The number of amides is 1. The van der Waals surface area contributed by atoms with Crippen molar-refractivity contribution in [3.63, 3.8) is 0 Å². The first-order chi connectivity index (χ1) is 8.18. The van der Waals surface area contributed by atoms with Crippen LogP contribution in [0.3, 0.4) is 0 Å². The number of H-pyrrole nitrogens is 1. The van der Waals surface area contributed by atoms with E-state index in [-0.39, 0.29) is 11.4 Å². The summed E-state index contributed by atoms with van der Waals surface area (Å²) in [7, 11) is 0. The summed E-state index contributed by atoms with van der Waals surface area (Å²) in [5, 5.41) is 11.4. The Morgan fingerprint density at radius 3 is 3.00 bits per heavy atom. The highest BCUT2D eigenvalue weighted by atomic mass is 32.1. The van der Waals surface area contributed by atoms with Crippen LogP contribution in [0.25, 0.3) is 0 Å². The monoisotopic (exact) mass is 252 g/mol. The van der Waals surface area contributed by atoms with Crippen molar-refractivity contribution in [1.82, 2.24) is 20.3 Å². The van der Waals surface area contributed by atoms with Crippen LogP contribution >= 0.6 is 11.3 Å². The Morgan fingerprint density at radius 2 is 2.35 bits per heavy atom. The summed E-state index contributed by atoms with van der Waals surface area (Å²) in [6, 6.07) is 0. The number of nitrogens with one attached hydrogen (secondary N) is 2. The van der Waals surface area contributed by atoms with Crippen molar-refractivity contribution in [1.29, 1.82) is 0 Å². The van der Waals surface area contributed by atoms with Crippen LogP contribution in [-0.2, 0) is 6.54 Å². The van der Waals surface area contributed by atoms with Gasteiger partial charge >= 0.3 is 5.97 Å². The molecule has 0 radical (unpaired) electrons. The molecule has 3 N–H and O–H groups in total. The van der Waals surface area contributed by atoms with Gasteiger partial charge in [-0.1, -0.05) is 0 Å². The quantitative estimate of drug-likeness (QED) is 0.734. The zero-order chi connectivity index (χ0) is 12.3. The predicted molar refractivity (Wildman–Crippen MR) is 58.8 cm³/mol. The number of imidazole rings is 1. The third-order valence-electron chi connectivity index (χ3n) is 1.97. The van der Waals surface area contributed by atoms with Crippen molar-refractivity contribution in [3.05, 3.63) is 34.3 Å². The second-order valence-corrected chi connectivity index (χ2v) is 4.05. The number of aromatic carboxylic acids is 1. The van der Waals surface area contributed by atoms with Gasteiger partial charge in [-0.25, -0.2) is 9.78 Å². The normalized spacial score (nSPS) is 10.1. The highest BCUT2D eigenvalue weighted by molar-refractivity contribution is 7.09. The van der Waals surface area contributed by atoms with Crippen molar-refractivity contribution in [2.45, 2.75) is 6.54 Å². The molecule has 88 valence electrons. The predicted octanol–water partition coefficient (Wildman–Crippen LogP) is 0.494. The molecule has 0 unspecified atom stereocenters. The van der Waals surface area contributed by atoms with Crippen LogP contribution in [0, 0.1) is 0 Å². The van der Waals surface area contributed by atoms with Gasteiger partial charge in [0.25, 0.3) is 5.91 Å². The zero-order valence-corrected chi connectivity index (χ0v) is 9.32. The minimum Gasteiger partial charge on any atom is -0.477 e. The fourth-order valence-corrected chi connectivity index (χ4v) is 1.74. The van der Waals surface area contributed by atoms with Gasteiger partial charge in [0.15, 0.2) is 11.4 Å². The summed E-state index contributed by atoms with van der Waals surface area (Å²) in [5.74, 6) is -1.75. The van der Waals surface area contributed by atoms with Crippen molar-refractivity contribution in [2.75, 3.05) is 0 Å². The van der Waals surface area contributed by atoms with Gasteiger partial charge in [-0.2, -0.15) is 0 Å². The smallest absolute Gasteiger partial charge is 0.354 e. The average molecular weight is 252 g/mol. The Labute approximate surface area is 99.5 Å². The lowest BCUT2D eigenvalue weighted by Gasteiger charge is -2.01. The first-order valence-corrected chi connectivity index (χ1v) is 5.48. The molecule has 2 aromatic heterocycles. The lowest BCUT2D eigenvalue weighted by Crippen LogP contribution is -2.24. The molecule has 0 fully saturated rings. The van der Waals surface area contributed by atoms with Gasteiger partial charge in [0.2, 0.25) is 0 Å². The molecular formula is C9H8N4O3S. The molecular weight excluding hydrogens is 244 g/mol. The Hall–Kier alpha value is -2.22. The summed E-state index contributed by atoms with van der Waals surface area (Å²) < 4.78 is 0. The van der Waals surface area contributed by atoms with E-state index in [1.54, 1.807) is 11.7 Å². The van der Waals surface area contributed by atoms with Gasteiger partial charge in [0, 0.05) is 11.1 Å². The van der Waals surface area contributed by atoms with E-state index >= 15 is 0 Å². The zero-order valence-electron chi connectivity index (χ0n) is 8.51. The Morgan fingerprint density at radius 1 is 1.53 bits per heavy atom.